The molecule has 1 aliphatic carbocycles. The van der Waals surface area contributed by atoms with Crippen molar-refractivity contribution in [1.82, 2.24) is 4.90 Å². The van der Waals surface area contributed by atoms with Gasteiger partial charge in [0.15, 0.2) is 0 Å². The SMILES string of the molecule is CC(C)C[C@H](CN)CC(=O)N(CCO)C1CCCCC1. The van der Waals surface area contributed by atoms with Crippen LogP contribution in [0.3, 0.4) is 0 Å². The molecule has 4 nitrogen and oxygen atoms in total. The third kappa shape index (κ3) is 5.80. The van der Waals surface area contributed by atoms with Crippen LogP contribution in [-0.2, 0) is 4.79 Å². The number of hydrogen-bond acceptors (Lipinski definition) is 3. The molecule has 1 atom stereocenters. The molecule has 0 unspecified atom stereocenters. The van der Waals surface area contributed by atoms with Crippen molar-refractivity contribution in [3.63, 3.8) is 0 Å². The number of aliphatic hydroxyl groups excluding tert-OH is 1. The minimum atomic E-state index is 0.0553. The Kier molecular flexibility index (Phi) is 8.15. The van der Waals surface area contributed by atoms with Crippen LogP contribution in [0.4, 0.5) is 0 Å². The highest BCUT2D eigenvalue weighted by molar-refractivity contribution is 5.76. The standard InChI is InChI=1S/C16H32N2O2/c1-13(2)10-14(12-17)11-16(20)18(8-9-19)15-6-4-3-5-7-15/h13-15,19H,3-12,17H2,1-2H3/t14-/m0/s1. The Morgan fingerprint density at radius 1 is 1.30 bits per heavy atom. The van der Waals surface area contributed by atoms with Crippen molar-refractivity contribution in [3.05, 3.63) is 0 Å². The summed E-state index contributed by atoms with van der Waals surface area (Å²) in [5, 5.41) is 9.23. The van der Waals surface area contributed by atoms with E-state index in [1.165, 1.54) is 19.3 Å². The second-order valence-corrected chi connectivity index (χ2v) is 6.54. The number of hydrogen-bond donors (Lipinski definition) is 2. The molecule has 3 N–H and O–H groups in total. The first-order valence-corrected chi connectivity index (χ1v) is 8.18. The first kappa shape index (κ1) is 17.4. The van der Waals surface area contributed by atoms with Gasteiger partial charge in [0.1, 0.15) is 0 Å². The van der Waals surface area contributed by atoms with Gasteiger partial charge in [-0.3, -0.25) is 4.79 Å². The molecule has 1 fully saturated rings. The van der Waals surface area contributed by atoms with Crippen LogP contribution >= 0.6 is 0 Å². The van der Waals surface area contributed by atoms with E-state index >= 15 is 0 Å². The van der Waals surface area contributed by atoms with Gasteiger partial charge in [-0.1, -0.05) is 33.1 Å². The van der Waals surface area contributed by atoms with Crippen LogP contribution in [0.2, 0.25) is 0 Å². The van der Waals surface area contributed by atoms with Gasteiger partial charge in [-0.25, -0.2) is 0 Å². The molecule has 0 aromatic rings. The van der Waals surface area contributed by atoms with Crippen molar-refractivity contribution < 1.29 is 9.90 Å². The molecule has 0 aromatic heterocycles. The third-order valence-corrected chi connectivity index (χ3v) is 4.28. The fourth-order valence-corrected chi connectivity index (χ4v) is 3.31. The van der Waals surface area contributed by atoms with E-state index in [0.717, 1.165) is 19.3 Å². The first-order chi connectivity index (χ1) is 9.58. The summed E-state index contributed by atoms with van der Waals surface area (Å²) in [6.45, 7) is 5.43. The molecule has 1 rings (SSSR count). The van der Waals surface area contributed by atoms with E-state index < -0.39 is 0 Å². The fraction of sp³-hybridized carbons (Fsp3) is 0.938. The van der Waals surface area contributed by atoms with Crippen molar-refractivity contribution in [2.24, 2.45) is 17.6 Å². The number of carbonyl (C=O) groups excluding carboxylic acids is 1. The zero-order valence-corrected chi connectivity index (χ0v) is 13.2. The van der Waals surface area contributed by atoms with Gasteiger partial charge in [-0.2, -0.15) is 0 Å². The van der Waals surface area contributed by atoms with Crippen LogP contribution in [0.25, 0.3) is 0 Å². The molecule has 20 heavy (non-hydrogen) atoms. The van der Waals surface area contributed by atoms with Crippen molar-refractivity contribution in [1.29, 1.82) is 0 Å². The highest BCUT2D eigenvalue weighted by Gasteiger charge is 2.26. The van der Waals surface area contributed by atoms with Gasteiger partial charge in [0.05, 0.1) is 6.61 Å². The van der Waals surface area contributed by atoms with Gasteiger partial charge >= 0.3 is 0 Å². The Labute approximate surface area is 123 Å². The lowest BCUT2D eigenvalue weighted by atomic mass is 9.91. The predicted octanol–water partition coefficient (Wildman–Crippen LogP) is 2.15. The van der Waals surface area contributed by atoms with E-state index in [2.05, 4.69) is 13.8 Å². The predicted molar refractivity (Wildman–Crippen MR) is 82.3 cm³/mol. The maximum absolute atomic E-state index is 12.5. The van der Waals surface area contributed by atoms with E-state index in [1.807, 2.05) is 4.90 Å². The summed E-state index contributed by atoms with van der Waals surface area (Å²) in [5.74, 6) is 1.02. The molecule has 0 saturated heterocycles. The van der Waals surface area contributed by atoms with E-state index in [9.17, 15) is 9.90 Å². The quantitative estimate of drug-likeness (QED) is 0.717. The Balaban J connectivity index is 2.57. The molecule has 1 amide bonds. The lowest BCUT2D eigenvalue weighted by molar-refractivity contribution is -0.135. The summed E-state index contributed by atoms with van der Waals surface area (Å²) < 4.78 is 0. The molecule has 0 aliphatic heterocycles. The minimum Gasteiger partial charge on any atom is -0.395 e. The number of nitrogens with two attached hydrogens (primary N) is 1. The molecule has 1 saturated carbocycles. The zero-order valence-electron chi connectivity index (χ0n) is 13.2. The monoisotopic (exact) mass is 284 g/mol. The summed E-state index contributed by atoms with van der Waals surface area (Å²) in [6.07, 6.45) is 7.38. The van der Waals surface area contributed by atoms with Crippen LogP contribution < -0.4 is 5.73 Å². The van der Waals surface area contributed by atoms with Crippen molar-refractivity contribution in [3.8, 4) is 0 Å². The first-order valence-electron chi connectivity index (χ1n) is 8.18. The highest BCUT2D eigenvalue weighted by atomic mass is 16.3. The average Bonchev–Trinajstić information content (AvgIpc) is 2.44. The molecule has 0 spiro atoms. The topological polar surface area (TPSA) is 66.6 Å². The summed E-state index contributed by atoms with van der Waals surface area (Å²) >= 11 is 0. The Bertz CT molecular complexity index is 276. The molecule has 0 radical (unpaired) electrons. The fourth-order valence-electron chi connectivity index (χ4n) is 3.31. The Hall–Kier alpha value is -0.610. The van der Waals surface area contributed by atoms with Gasteiger partial charge in [0.2, 0.25) is 5.91 Å². The minimum absolute atomic E-state index is 0.0553. The van der Waals surface area contributed by atoms with Crippen molar-refractivity contribution in [2.45, 2.75) is 64.8 Å². The van der Waals surface area contributed by atoms with E-state index in [4.69, 9.17) is 5.73 Å². The van der Waals surface area contributed by atoms with E-state index in [-0.39, 0.29) is 18.4 Å². The molecular weight excluding hydrogens is 252 g/mol. The molecular formula is C16H32N2O2. The molecule has 0 heterocycles. The number of aliphatic hydroxyl groups is 1. The maximum atomic E-state index is 12.5. The molecule has 118 valence electrons. The summed E-state index contributed by atoms with van der Waals surface area (Å²) in [7, 11) is 0. The van der Waals surface area contributed by atoms with Gasteiger partial charge < -0.3 is 15.7 Å². The number of amides is 1. The Morgan fingerprint density at radius 3 is 2.45 bits per heavy atom. The second kappa shape index (κ2) is 9.35. The van der Waals surface area contributed by atoms with Crippen LogP contribution in [0, 0.1) is 11.8 Å². The van der Waals surface area contributed by atoms with Crippen LogP contribution in [-0.4, -0.2) is 41.7 Å². The van der Waals surface area contributed by atoms with Crippen LogP contribution in [0.15, 0.2) is 0 Å². The average molecular weight is 284 g/mol. The number of nitrogens with zero attached hydrogens (tertiary/aromatic N) is 1. The van der Waals surface area contributed by atoms with Gasteiger partial charge in [-0.05, 0) is 37.6 Å². The largest absolute Gasteiger partial charge is 0.395 e. The number of carbonyl (C=O) groups is 1. The molecule has 0 aromatic carbocycles. The molecule has 4 heteroatoms. The van der Waals surface area contributed by atoms with E-state index in [1.54, 1.807) is 0 Å². The van der Waals surface area contributed by atoms with E-state index in [0.29, 0.717) is 31.5 Å². The van der Waals surface area contributed by atoms with Crippen LogP contribution in [0.1, 0.15) is 58.8 Å². The van der Waals surface area contributed by atoms with Gasteiger partial charge in [0.25, 0.3) is 0 Å². The highest BCUT2D eigenvalue weighted by Crippen LogP contribution is 2.24. The normalized spacial score (nSPS) is 18.2. The van der Waals surface area contributed by atoms with Crippen LogP contribution in [0.5, 0.6) is 0 Å². The lowest BCUT2D eigenvalue weighted by Crippen LogP contribution is -2.44. The third-order valence-electron chi connectivity index (χ3n) is 4.28. The molecule has 1 aliphatic rings. The Morgan fingerprint density at radius 2 is 1.95 bits per heavy atom. The second-order valence-electron chi connectivity index (χ2n) is 6.54. The summed E-state index contributed by atoms with van der Waals surface area (Å²) in [5.41, 5.74) is 5.80. The summed E-state index contributed by atoms with van der Waals surface area (Å²) in [6, 6.07) is 0.334. The molecule has 0 bridgehead atoms. The number of rotatable bonds is 8. The smallest absolute Gasteiger partial charge is 0.223 e. The zero-order chi connectivity index (χ0) is 15.0. The maximum Gasteiger partial charge on any atom is 0.223 e. The summed E-state index contributed by atoms with van der Waals surface area (Å²) in [4.78, 5) is 14.5. The van der Waals surface area contributed by atoms with Crippen molar-refractivity contribution >= 4 is 5.91 Å². The van der Waals surface area contributed by atoms with Gasteiger partial charge in [0, 0.05) is 19.0 Å². The van der Waals surface area contributed by atoms with Crippen molar-refractivity contribution in [2.75, 3.05) is 19.7 Å². The van der Waals surface area contributed by atoms with Gasteiger partial charge in [-0.15, -0.1) is 0 Å². The lowest BCUT2D eigenvalue weighted by Gasteiger charge is -2.35.